The number of allylic oxidation sites excluding steroid dienone is 2. The van der Waals surface area contributed by atoms with E-state index in [2.05, 4.69) is 47.8 Å². The standard InChI is InChI=1S/C34H55N5O5/c1-10-11-17-23(26(40)29(42)35-19-18-21-15-13-12-14-16-21)36-28(41)25-24-22(34(24,8)9)20-39(25)30(43)27(32(2,3)4)37-31(44)38-33(5,6)7/h10,15,22-25,27H,1,11-14,16-20H2,2-9H3,(H,35,42)(H,36,41)(H2,37,38,44)/t22-,23?,24-,25-,27+/m0/s1. The van der Waals surface area contributed by atoms with E-state index in [1.165, 1.54) is 12.0 Å². The Morgan fingerprint density at radius 3 is 2.32 bits per heavy atom. The summed E-state index contributed by atoms with van der Waals surface area (Å²) in [6.07, 6.45) is 9.61. The molecule has 0 bridgehead atoms. The van der Waals surface area contributed by atoms with E-state index in [1.54, 1.807) is 11.0 Å². The second-order valence-electron chi connectivity index (χ2n) is 15.4. The van der Waals surface area contributed by atoms with Crippen LogP contribution in [0.4, 0.5) is 4.79 Å². The lowest BCUT2D eigenvalue weighted by molar-refractivity contribution is -0.145. The largest absolute Gasteiger partial charge is 0.349 e. The van der Waals surface area contributed by atoms with Crippen molar-refractivity contribution < 1.29 is 24.0 Å². The molecule has 2 fully saturated rings. The van der Waals surface area contributed by atoms with Gasteiger partial charge in [0, 0.05) is 18.6 Å². The number of ketones is 1. The molecule has 1 aliphatic heterocycles. The van der Waals surface area contributed by atoms with Crippen LogP contribution in [0, 0.1) is 22.7 Å². The predicted octanol–water partition coefficient (Wildman–Crippen LogP) is 4.01. The molecule has 0 aromatic carbocycles. The number of nitrogens with one attached hydrogen (secondary N) is 4. The summed E-state index contributed by atoms with van der Waals surface area (Å²) < 4.78 is 0. The van der Waals surface area contributed by atoms with Gasteiger partial charge in [0.1, 0.15) is 12.1 Å². The van der Waals surface area contributed by atoms with Crippen LogP contribution in [0.25, 0.3) is 0 Å². The highest BCUT2D eigenvalue weighted by molar-refractivity contribution is 6.38. The molecule has 10 nitrogen and oxygen atoms in total. The number of likely N-dealkylation sites (tertiary alicyclic amines) is 1. The van der Waals surface area contributed by atoms with Gasteiger partial charge in [0.15, 0.2) is 0 Å². The van der Waals surface area contributed by atoms with Crippen LogP contribution in [0.15, 0.2) is 24.3 Å². The molecule has 10 heteroatoms. The van der Waals surface area contributed by atoms with Crippen molar-refractivity contribution in [1.29, 1.82) is 0 Å². The molecule has 1 saturated heterocycles. The Kier molecular flexibility index (Phi) is 11.1. The molecule has 0 spiro atoms. The molecule has 4 N–H and O–H groups in total. The highest BCUT2D eigenvalue weighted by Crippen LogP contribution is 2.65. The van der Waals surface area contributed by atoms with Gasteiger partial charge in [-0.15, -0.1) is 6.58 Å². The third kappa shape index (κ3) is 8.72. The smallest absolute Gasteiger partial charge is 0.315 e. The second kappa shape index (κ2) is 13.9. The van der Waals surface area contributed by atoms with Gasteiger partial charge in [-0.05, 0) is 88.4 Å². The van der Waals surface area contributed by atoms with Gasteiger partial charge in [-0.25, -0.2) is 4.79 Å². The Morgan fingerprint density at radius 1 is 1.07 bits per heavy atom. The summed E-state index contributed by atoms with van der Waals surface area (Å²) in [5.41, 5.74) is 0.0129. The topological polar surface area (TPSA) is 137 Å². The maximum absolute atomic E-state index is 14.1. The Hall–Kier alpha value is -3.17. The van der Waals surface area contributed by atoms with Crippen molar-refractivity contribution in [2.75, 3.05) is 13.1 Å². The van der Waals surface area contributed by atoms with Gasteiger partial charge in [0.25, 0.3) is 5.91 Å². The van der Waals surface area contributed by atoms with Gasteiger partial charge >= 0.3 is 6.03 Å². The van der Waals surface area contributed by atoms with Crippen molar-refractivity contribution in [2.24, 2.45) is 22.7 Å². The number of urea groups is 1. The van der Waals surface area contributed by atoms with Gasteiger partial charge in [-0.2, -0.15) is 0 Å². The van der Waals surface area contributed by atoms with Crippen molar-refractivity contribution in [3.05, 3.63) is 24.3 Å². The molecule has 246 valence electrons. The van der Waals surface area contributed by atoms with Gasteiger partial charge in [0.05, 0.1) is 6.04 Å². The quantitative estimate of drug-likeness (QED) is 0.195. The van der Waals surface area contributed by atoms with E-state index in [9.17, 15) is 24.0 Å². The number of fused-ring (bicyclic) bond motifs is 1. The van der Waals surface area contributed by atoms with E-state index in [0.717, 1.165) is 19.3 Å². The highest BCUT2D eigenvalue weighted by Gasteiger charge is 2.69. The van der Waals surface area contributed by atoms with Gasteiger partial charge in [-0.3, -0.25) is 19.2 Å². The van der Waals surface area contributed by atoms with Crippen LogP contribution in [0.2, 0.25) is 0 Å². The van der Waals surface area contributed by atoms with E-state index in [-0.39, 0.29) is 29.6 Å². The Labute approximate surface area is 263 Å². The van der Waals surface area contributed by atoms with Crippen molar-refractivity contribution in [1.82, 2.24) is 26.2 Å². The maximum atomic E-state index is 14.1. The monoisotopic (exact) mass is 613 g/mol. The lowest BCUT2D eigenvalue weighted by Gasteiger charge is -2.38. The summed E-state index contributed by atoms with van der Waals surface area (Å²) in [5.74, 6) is -2.19. The first-order chi connectivity index (χ1) is 20.4. The molecule has 1 heterocycles. The molecule has 1 unspecified atom stereocenters. The summed E-state index contributed by atoms with van der Waals surface area (Å²) in [7, 11) is 0. The van der Waals surface area contributed by atoms with Crippen molar-refractivity contribution in [3.8, 4) is 0 Å². The van der Waals surface area contributed by atoms with E-state index in [1.807, 2.05) is 41.5 Å². The fourth-order valence-corrected chi connectivity index (χ4v) is 6.66. The first-order valence-corrected chi connectivity index (χ1v) is 16.2. The van der Waals surface area contributed by atoms with Gasteiger partial charge < -0.3 is 26.2 Å². The fraction of sp³-hybridized carbons (Fsp3) is 0.735. The number of carbonyl (C=O) groups is 5. The minimum atomic E-state index is -1.04. The van der Waals surface area contributed by atoms with Gasteiger partial charge in [0.2, 0.25) is 17.6 Å². The number of amides is 5. The van der Waals surface area contributed by atoms with E-state index in [4.69, 9.17) is 0 Å². The van der Waals surface area contributed by atoms with Crippen molar-refractivity contribution in [2.45, 2.75) is 124 Å². The van der Waals surface area contributed by atoms with E-state index >= 15 is 0 Å². The molecule has 0 aromatic rings. The number of Topliss-reactive ketones (excluding diaryl/α,β-unsaturated/α-hetero) is 1. The predicted molar refractivity (Wildman–Crippen MR) is 171 cm³/mol. The van der Waals surface area contributed by atoms with E-state index < -0.39 is 52.7 Å². The lowest BCUT2D eigenvalue weighted by atomic mass is 9.85. The Balaban J connectivity index is 1.76. The van der Waals surface area contributed by atoms with Crippen LogP contribution >= 0.6 is 0 Å². The zero-order valence-electron chi connectivity index (χ0n) is 28.1. The summed E-state index contributed by atoms with van der Waals surface area (Å²) in [6.45, 7) is 19.8. The SMILES string of the molecule is C=CCCC(NC(=O)[C@@H]1[C@@H]2[C@H](CN1C(=O)[C@@H](NC(=O)NC(C)(C)C)C(C)(C)C)C2(C)C)C(=O)C(=O)NCCC1=CCCCC1. The molecule has 0 aromatic heterocycles. The zero-order valence-corrected chi connectivity index (χ0v) is 28.1. The first-order valence-electron chi connectivity index (χ1n) is 16.2. The summed E-state index contributed by atoms with van der Waals surface area (Å²) in [4.78, 5) is 68.6. The zero-order chi connectivity index (χ0) is 33.0. The summed E-state index contributed by atoms with van der Waals surface area (Å²) >= 11 is 0. The van der Waals surface area contributed by atoms with Gasteiger partial charge in [-0.1, -0.05) is 52.3 Å². The number of piperidine rings is 1. The average molecular weight is 614 g/mol. The maximum Gasteiger partial charge on any atom is 0.315 e. The molecule has 0 radical (unpaired) electrons. The van der Waals surface area contributed by atoms with E-state index in [0.29, 0.717) is 25.9 Å². The van der Waals surface area contributed by atoms with Crippen molar-refractivity contribution in [3.63, 3.8) is 0 Å². The average Bonchev–Trinajstić information content (AvgIpc) is 3.24. The normalized spacial score (nSPS) is 23.8. The van der Waals surface area contributed by atoms with Crippen LogP contribution in [0.5, 0.6) is 0 Å². The fourth-order valence-electron chi connectivity index (χ4n) is 6.66. The molecule has 5 amide bonds. The molecule has 3 aliphatic rings. The first kappa shape index (κ1) is 35.3. The molecule has 5 atom stereocenters. The number of rotatable bonds is 12. The Bertz CT molecular complexity index is 1160. The van der Waals surface area contributed by atoms with Crippen LogP contribution in [0.1, 0.15) is 100 Å². The number of hydrogen-bond acceptors (Lipinski definition) is 5. The number of nitrogens with zero attached hydrogens (tertiary/aromatic N) is 1. The van der Waals surface area contributed by atoms with Crippen LogP contribution in [-0.2, 0) is 19.2 Å². The highest BCUT2D eigenvalue weighted by atomic mass is 16.2. The minimum Gasteiger partial charge on any atom is -0.349 e. The molecular formula is C34H55N5O5. The van der Waals surface area contributed by atoms with Crippen LogP contribution < -0.4 is 21.3 Å². The Morgan fingerprint density at radius 2 is 1.75 bits per heavy atom. The summed E-state index contributed by atoms with van der Waals surface area (Å²) in [6, 6.07) is -3.21. The van der Waals surface area contributed by atoms with Crippen LogP contribution in [0.3, 0.4) is 0 Å². The molecular weight excluding hydrogens is 558 g/mol. The lowest BCUT2D eigenvalue weighted by Crippen LogP contribution is -2.62. The third-order valence-electron chi connectivity index (χ3n) is 9.27. The number of hydrogen-bond donors (Lipinski definition) is 4. The third-order valence-corrected chi connectivity index (χ3v) is 9.27. The second-order valence-corrected chi connectivity index (χ2v) is 15.4. The number of carbonyl (C=O) groups excluding carboxylic acids is 5. The molecule has 1 saturated carbocycles. The molecule has 44 heavy (non-hydrogen) atoms. The van der Waals surface area contributed by atoms with Crippen molar-refractivity contribution >= 4 is 29.5 Å². The molecule has 2 aliphatic carbocycles. The molecule has 3 rings (SSSR count). The minimum absolute atomic E-state index is 0.0942. The summed E-state index contributed by atoms with van der Waals surface area (Å²) in [5, 5.41) is 11.3. The van der Waals surface area contributed by atoms with Crippen LogP contribution in [-0.4, -0.2) is 71.2 Å².